The van der Waals surface area contributed by atoms with E-state index >= 15 is 0 Å². The van der Waals surface area contributed by atoms with Crippen LogP contribution in [0.4, 0.5) is 0 Å². The van der Waals surface area contributed by atoms with Crippen molar-refractivity contribution in [3.8, 4) is 5.75 Å². The van der Waals surface area contributed by atoms with E-state index < -0.39 is 5.60 Å². The average molecular weight is 238 g/mol. The molecule has 2 unspecified atom stereocenters. The van der Waals surface area contributed by atoms with Crippen LogP contribution in [0.15, 0.2) is 24.3 Å². The maximum absolute atomic E-state index is 10.6. The van der Waals surface area contributed by atoms with Gasteiger partial charge in [0.1, 0.15) is 5.75 Å². The van der Waals surface area contributed by atoms with Gasteiger partial charge < -0.3 is 14.6 Å². The fourth-order valence-corrected chi connectivity index (χ4v) is 1.80. The second-order valence-electron chi connectivity index (χ2n) is 4.56. The van der Waals surface area contributed by atoms with Crippen LogP contribution in [0.25, 0.3) is 0 Å². The van der Waals surface area contributed by atoms with Gasteiger partial charge in [-0.3, -0.25) is 0 Å². The second kappa shape index (κ2) is 6.03. The normalized spacial score (nSPS) is 16.3. The number of aliphatic hydroxyl groups is 1. The van der Waals surface area contributed by atoms with E-state index in [0.717, 1.165) is 17.7 Å². The third kappa shape index (κ3) is 3.45. The van der Waals surface area contributed by atoms with Crippen molar-refractivity contribution < 1.29 is 14.6 Å². The summed E-state index contributed by atoms with van der Waals surface area (Å²) < 4.78 is 10.2. The third-order valence-corrected chi connectivity index (χ3v) is 3.37. The number of ether oxygens (including phenoxy) is 2. The molecule has 0 spiro atoms. The molecule has 3 heteroatoms. The largest absolute Gasteiger partial charge is 0.497 e. The van der Waals surface area contributed by atoms with Crippen molar-refractivity contribution in [3.05, 3.63) is 29.8 Å². The van der Waals surface area contributed by atoms with Crippen LogP contribution in [0.5, 0.6) is 5.75 Å². The van der Waals surface area contributed by atoms with Crippen molar-refractivity contribution in [1.82, 2.24) is 0 Å². The molecule has 2 atom stereocenters. The number of hydrogen-bond acceptors (Lipinski definition) is 3. The van der Waals surface area contributed by atoms with Gasteiger partial charge in [-0.2, -0.15) is 0 Å². The van der Waals surface area contributed by atoms with Gasteiger partial charge in [-0.1, -0.05) is 19.1 Å². The molecule has 0 aliphatic carbocycles. The molecule has 0 amide bonds. The highest BCUT2D eigenvalue weighted by atomic mass is 16.5. The fourth-order valence-electron chi connectivity index (χ4n) is 1.80. The molecule has 3 nitrogen and oxygen atoms in total. The minimum absolute atomic E-state index is 0.120. The zero-order valence-corrected chi connectivity index (χ0v) is 11.1. The van der Waals surface area contributed by atoms with Crippen LogP contribution in [0, 0.1) is 5.92 Å². The predicted octanol–water partition coefficient (Wildman–Crippen LogP) is 2.58. The number of methoxy groups -OCH3 is 2. The Morgan fingerprint density at radius 1 is 1.35 bits per heavy atom. The average Bonchev–Trinajstić information content (AvgIpc) is 2.35. The van der Waals surface area contributed by atoms with E-state index in [1.165, 1.54) is 0 Å². The molecule has 1 rings (SSSR count). The van der Waals surface area contributed by atoms with Gasteiger partial charge in [0.25, 0.3) is 0 Å². The van der Waals surface area contributed by atoms with Gasteiger partial charge in [-0.05, 0) is 37.0 Å². The van der Waals surface area contributed by atoms with Gasteiger partial charge in [-0.25, -0.2) is 0 Å². The lowest BCUT2D eigenvalue weighted by atomic mass is 9.82. The standard InChI is InChI=1S/C14H22O3/c1-11(8-9-16-3)14(2,15)12-6-5-7-13(10-12)17-4/h5-7,10-11,15H,8-9H2,1-4H3. The molecule has 96 valence electrons. The Labute approximate surface area is 103 Å². The first-order valence-electron chi connectivity index (χ1n) is 5.88. The van der Waals surface area contributed by atoms with Crippen LogP contribution in [-0.2, 0) is 10.3 Å². The molecular weight excluding hydrogens is 216 g/mol. The van der Waals surface area contributed by atoms with E-state index in [-0.39, 0.29) is 5.92 Å². The Hall–Kier alpha value is -1.06. The molecule has 0 aliphatic rings. The third-order valence-electron chi connectivity index (χ3n) is 3.37. The monoisotopic (exact) mass is 238 g/mol. The fraction of sp³-hybridized carbons (Fsp3) is 0.571. The Morgan fingerprint density at radius 2 is 2.06 bits per heavy atom. The summed E-state index contributed by atoms with van der Waals surface area (Å²) in [4.78, 5) is 0. The summed E-state index contributed by atoms with van der Waals surface area (Å²) in [7, 11) is 3.30. The molecule has 1 N–H and O–H groups in total. The highest BCUT2D eigenvalue weighted by molar-refractivity contribution is 5.32. The van der Waals surface area contributed by atoms with E-state index in [1.54, 1.807) is 14.2 Å². The summed E-state index contributed by atoms with van der Waals surface area (Å²) in [6.07, 6.45) is 0.820. The molecular formula is C14H22O3. The van der Waals surface area contributed by atoms with Gasteiger partial charge in [0.2, 0.25) is 0 Å². The van der Waals surface area contributed by atoms with Crippen molar-refractivity contribution in [1.29, 1.82) is 0 Å². The molecule has 0 bridgehead atoms. The Morgan fingerprint density at radius 3 is 2.65 bits per heavy atom. The van der Waals surface area contributed by atoms with Crippen LogP contribution in [0.1, 0.15) is 25.8 Å². The van der Waals surface area contributed by atoms with Crippen LogP contribution in [-0.4, -0.2) is 25.9 Å². The maximum Gasteiger partial charge on any atom is 0.119 e. The molecule has 0 aliphatic heterocycles. The lowest BCUT2D eigenvalue weighted by Crippen LogP contribution is -2.30. The van der Waals surface area contributed by atoms with Crippen molar-refractivity contribution in [2.45, 2.75) is 25.9 Å². The van der Waals surface area contributed by atoms with Crippen LogP contribution >= 0.6 is 0 Å². The van der Waals surface area contributed by atoms with E-state index in [1.807, 2.05) is 38.1 Å². The first-order valence-corrected chi connectivity index (χ1v) is 5.88. The molecule has 0 heterocycles. The summed E-state index contributed by atoms with van der Waals surface area (Å²) in [5.74, 6) is 0.885. The number of benzene rings is 1. The summed E-state index contributed by atoms with van der Waals surface area (Å²) in [6.45, 7) is 4.52. The van der Waals surface area contributed by atoms with E-state index in [2.05, 4.69) is 0 Å². The lowest BCUT2D eigenvalue weighted by molar-refractivity contribution is -0.0108. The maximum atomic E-state index is 10.6. The number of hydrogen-bond donors (Lipinski definition) is 1. The molecule has 0 saturated heterocycles. The SMILES string of the molecule is COCCC(C)C(C)(O)c1cccc(OC)c1. The molecule has 0 fully saturated rings. The summed E-state index contributed by atoms with van der Waals surface area (Å²) in [5, 5.41) is 10.6. The highest BCUT2D eigenvalue weighted by Gasteiger charge is 2.30. The molecule has 1 aromatic rings. The van der Waals surface area contributed by atoms with Gasteiger partial charge in [0.15, 0.2) is 0 Å². The second-order valence-corrected chi connectivity index (χ2v) is 4.56. The molecule has 0 aromatic heterocycles. The van der Waals surface area contributed by atoms with Crippen molar-refractivity contribution in [2.75, 3.05) is 20.8 Å². The van der Waals surface area contributed by atoms with Crippen molar-refractivity contribution in [3.63, 3.8) is 0 Å². The summed E-state index contributed by atoms with van der Waals surface area (Å²) >= 11 is 0. The van der Waals surface area contributed by atoms with Crippen LogP contribution in [0.3, 0.4) is 0 Å². The highest BCUT2D eigenvalue weighted by Crippen LogP contribution is 2.32. The first kappa shape index (κ1) is 14.0. The van der Waals surface area contributed by atoms with E-state index in [9.17, 15) is 5.11 Å². The Balaban J connectivity index is 2.86. The quantitative estimate of drug-likeness (QED) is 0.828. The smallest absolute Gasteiger partial charge is 0.119 e. The molecule has 0 radical (unpaired) electrons. The molecule has 0 saturated carbocycles. The Bertz CT molecular complexity index is 347. The van der Waals surface area contributed by atoms with Crippen LogP contribution < -0.4 is 4.74 Å². The minimum Gasteiger partial charge on any atom is -0.497 e. The zero-order valence-electron chi connectivity index (χ0n) is 11.1. The number of rotatable bonds is 6. The summed E-state index contributed by atoms with van der Waals surface area (Å²) in [6, 6.07) is 7.57. The van der Waals surface area contributed by atoms with Gasteiger partial charge in [0, 0.05) is 13.7 Å². The predicted molar refractivity (Wildman–Crippen MR) is 68.2 cm³/mol. The van der Waals surface area contributed by atoms with Crippen molar-refractivity contribution >= 4 is 0 Å². The van der Waals surface area contributed by atoms with E-state index in [4.69, 9.17) is 9.47 Å². The van der Waals surface area contributed by atoms with Crippen molar-refractivity contribution in [2.24, 2.45) is 5.92 Å². The Kier molecular flexibility index (Phi) is 4.97. The summed E-state index contributed by atoms with van der Waals surface area (Å²) in [5.41, 5.74) is 0.00743. The van der Waals surface area contributed by atoms with Gasteiger partial charge in [0.05, 0.1) is 12.7 Å². The van der Waals surface area contributed by atoms with Crippen LogP contribution in [0.2, 0.25) is 0 Å². The molecule has 17 heavy (non-hydrogen) atoms. The van der Waals surface area contributed by atoms with Gasteiger partial charge in [-0.15, -0.1) is 0 Å². The minimum atomic E-state index is -0.868. The molecule has 1 aromatic carbocycles. The zero-order chi connectivity index (χ0) is 12.9. The van der Waals surface area contributed by atoms with E-state index in [0.29, 0.717) is 6.61 Å². The lowest BCUT2D eigenvalue weighted by Gasteiger charge is -2.31. The topological polar surface area (TPSA) is 38.7 Å². The first-order chi connectivity index (χ1) is 8.02. The van der Waals surface area contributed by atoms with Gasteiger partial charge >= 0.3 is 0 Å².